The third-order valence-corrected chi connectivity index (χ3v) is 3.27. The molecule has 1 atom stereocenters. The van der Waals surface area contributed by atoms with E-state index in [0.717, 1.165) is 19.0 Å². The van der Waals surface area contributed by atoms with Crippen LogP contribution in [0.5, 0.6) is 0 Å². The molecule has 0 aliphatic heterocycles. The molecule has 1 unspecified atom stereocenters. The van der Waals surface area contributed by atoms with Gasteiger partial charge in [-0.1, -0.05) is 44.0 Å². The van der Waals surface area contributed by atoms with Crippen LogP contribution in [0.4, 0.5) is 0 Å². The second kappa shape index (κ2) is 6.70. The van der Waals surface area contributed by atoms with E-state index in [-0.39, 0.29) is 0 Å². The van der Waals surface area contributed by atoms with Gasteiger partial charge in [-0.05, 0) is 50.4 Å². The van der Waals surface area contributed by atoms with Gasteiger partial charge in [-0.3, -0.25) is 0 Å². The van der Waals surface area contributed by atoms with Crippen molar-refractivity contribution in [1.82, 2.24) is 5.32 Å². The topological polar surface area (TPSA) is 12.0 Å². The Labute approximate surface area is 100 Å². The molecule has 0 amide bonds. The van der Waals surface area contributed by atoms with E-state index in [1.807, 2.05) is 0 Å². The summed E-state index contributed by atoms with van der Waals surface area (Å²) in [6, 6.07) is 6.78. The van der Waals surface area contributed by atoms with E-state index in [1.165, 1.54) is 29.5 Å². The lowest BCUT2D eigenvalue weighted by molar-refractivity contribution is 0.466. The van der Waals surface area contributed by atoms with Crippen molar-refractivity contribution in [1.29, 1.82) is 0 Å². The molecule has 90 valence electrons. The van der Waals surface area contributed by atoms with Crippen molar-refractivity contribution in [2.45, 2.75) is 40.5 Å². The Morgan fingerprint density at radius 2 is 1.94 bits per heavy atom. The molecule has 0 saturated carbocycles. The molecule has 1 aromatic rings. The molecule has 0 spiro atoms. The molecule has 16 heavy (non-hydrogen) atoms. The molecule has 0 bridgehead atoms. The summed E-state index contributed by atoms with van der Waals surface area (Å²) in [5.41, 5.74) is 4.32. The van der Waals surface area contributed by atoms with Gasteiger partial charge in [-0.15, -0.1) is 0 Å². The van der Waals surface area contributed by atoms with Crippen molar-refractivity contribution in [2.75, 3.05) is 13.1 Å². The van der Waals surface area contributed by atoms with Crippen molar-refractivity contribution in [3.63, 3.8) is 0 Å². The molecule has 0 aliphatic carbocycles. The summed E-state index contributed by atoms with van der Waals surface area (Å²) in [5, 5.41) is 3.45. The highest BCUT2D eigenvalue weighted by atomic mass is 14.8. The summed E-state index contributed by atoms with van der Waals surface area (Å²) in [5.74, 6) is 0.764. The molecule has 0 aliphatic rings. The van der Waals surface area contributed by atoms with E-state index in [1.54, 1.807) is 0 Å². The van der Waals surface area contributed by atoms with Gasteiger partial charge in [0.15, 0.2) is 0 Å². The van der Waals surface area contributed by atoms with Crippen molar-refractivity contribution >= 4 is 0 Å². The Morgan fingerprint density at radius 1 is 1.19 bits per heavy atom. The summed E-state index contributed by atoms with van der Waals surface area (Å²) in [6.07, 6.45) is 2.46. The lowest BCUT2D eigenvalue weighted by Crippen LogP contribution is -2.23. The van der Waals surface area contributed by atoms with Crippen LogP contribution >= 0.6 is 0 Å². The van der Waals surface area contributed by atoms with Crippen LogP contribution < -0.4 is 5.32 Å². The molecule has 1 nitrogen and oxygen atoms in total. The fourth-order valence-electron chi connectivity index (χ4n) is 2.04. The second-order valence-electron chi connectivity index (χ2n) is 4.72. The van der Waals surface area contributed by atoms with Gasteiger partial charge in [-0.25, -0.2) is 0 Å². The molecule has 1 aromatic carbocycles. The summed E-state index contributed by atoms with van der Waals surface area (Å²) < 4.78 is 0. The standard InChI is InChI=1S/C15H25N/c1-5-14(11-16-6-2)10-15-9-12(3)7-8-13(15)4/h7-9,14,16H,5-6,10-11H2,1-4H3. The Bertz CT molecular complexity index is 317. The second-order valence-corrected chi connectivity index (χ2v) is 4.72. The molecule has 0 aromatic heterocycles. The SMILES string of the molecule is CCNCC(CC)Cc1cc(C)ccc1C. The summed E-state index contributed by atoms with van der Waals surface area (Å²) in [7, 11) is 0. The van der Waals surface area contributed by atoms with Gasteiger partial charge in [0.2, 0.25) is 0 Å². The maximum absolute atomic E-state index is 3.45. The highest BCUT2D eigenvalue weighted by Gasteiger charge is 2.08. The molecule has 1 N–H and O–H groups in total. The average molecular weight is 219 g/mol. The number of rotatable bonds is 6. The van der Waals surface area contributed by atoms with Crippen LogP contribution in [0, 0.1) is 19.8 Å². The maximum atomic E-state index is 3.45. The zero-order chi connectivity index (χ0) is 12.0. The zero-order valence-corrected chi connectivity index (χ0v) is 11.1. The fourth-order valence-corrected chi connectivity index (χ4v) is 2.04. The van der Waals surface area contributed by atoms with Crippen LogP contribution in [-0.4, -0.2) is 13.1 Å². The normalized spacial score (nSPS) is 12.8. The minimum Gasteiger partial charge on any atom is -0.317 e. The lowest BCUT2D eigenvalue weighted by atomic mass is 9.93. The Hall–Kier alpha value is -0.820. The van der Waals surface area contributed by atoms with E-state index in [4.69, 9.17) is 0 Å². The number of benzene rings is 1. The van der Waals surface area contributed by atoms with Crippen molar-refractivity contribution < 1.29 is 0 Å². The Balaban J connectivity index is 2.65. The molecule has 0 fully saturated rings. The molecule has 0 saturated heterocycles. The molecular weight excluding hydrogens is 194 g/mol. The lowest BCUT2D eigenvalue weighted by Gasteiger charge is -2.17. The van der Waals surface area contributed by atoms with Crippen LogP contribution in [-0.2, 0) is 6.42 Å². The van der Waals surface area contributed by atoms with Crippen LogP contribution in [0.25, 0.3) is 0 Å². The maximum Gasteiger partial charge on any atom is -0.00176 e. The number of hydrogen-bond donors (Lipinski definition) is 1. The molecule has 1 heteroatoms. The highest BCUT2D eigenvalue weighted by Crippen LogP contribution is 2.17. The summed E-state index contributed by atoms with van der Waals surface area (Å²) >= 11 is 0. The quantitative estimate of drug-likeness (QED) is 0.772. The van der Waals surface area contributed by atoms with Crippen LogP contribution in [0.15, 0.2) is 18.2 Å². The van der Waals surface area contributed by atoms with E-state index < -0.39 is 0 Å². The van der Waals surface area contributed by atoms with Gasteiger partial charge in [-0.2, -0.15) is 0 Å². The van der Waals surface area contributed by atoms with Gasteiger partial charge >= 0.3 is 0 Å². The van der Waals surface area contributed by atoms with Gasteiger partial charge < -0.3 is 5.32 Å². The predicted octanol–water partition coefficient (Wildman–Crippen LogP) is 3.48. The number of nitrogens with one attached hydrogen (secondary N) is 1. The first kappa shape index (κ1) is 13.2. The number of aryl methyl sites for hydroxylation is 2. The minimum atomic E-state index is 0.764. The van der Waals surface area contributed by atoms with Crippen LogP contribution in [0.2, 0.25) is 0 Å². The molecular formula is C15H25N. The molecule has 0 radical (unpaired) electrons. The zero-order valence-electron chi connectivity index (χ0n) is 11.1. The molecule has 0 heterocycles. The average Bonchev–Trinajstić information content (AvgIpc) is 2.28. The Morgan fingerprint density at radius 3 is 2.56 bits per heavy atom. The smallest absolute Gasteiger partial charge is 0.00176 e. The van der Waals surface area contributed by atoms with E-state index in [2.05, 4.69) is 51.2 Å². The van der Waals surface area contributed by atoms with Gasteiger partial charge in [0.1, 0.15) is 0 Å². The van der Waals surface area contributed by atoms with E-state index in [9.17, 15) is 0 Å². The minimum absolute atomic E-state index is 0.764. The van der Waals surface area contributed by atoms with Crippen molar-refractivity contribution in [2.24, 2.45) is 5.92 Å². The third-order valence-electron chi connectivity index (χ3n) is 3.27. The first-order chi connectivity index (χ1) is 7.67. The predicted molar refractivity (Wildman–Crippen MR) is 71.9 cm³/mol. The fraction of sp³-hybridized carbons (Fsp3) is 0.600. The monoisotopic (exact) mass is 219 g/mol. The van der Waals surface area contributed by atoms with Gasteiger partial charge in [0, 0.05) is 0 Å². The number of hydrogen-bond acceptors (Lipinski definition) is 1. The molecule has 1 rings (SSSR count). The van der Waals surface area contributed by atoms with Gasteiger partial charge in [0.25, 0.3) is 0 Å². The van der Waals surface area contributed by atoms with Crippen LogP contribution in [0.3, 0.4) is 0 Å². The van der Waals surface area contributed by atoms with E-state index >= 15 is 0 Å². The Kier molecular flexibility index (Phi) is 5.54. The van der Waals surface area contributed by atoms with Crippen molar-refractivity contribution in [3.05, 3.63) is 34.9 Å². The van der Waals surface area contributed by atoms with E-state index in [0.29, 0.717) is 0 Å². The first-order valence-corrected chi connectivity index (χ1v) is 6.44. The van der Waals surface area contributed by atoms with Crippen molar-refractivity contribution in [3.8, 4) is 0 Å². The summed E-state index contributed by atoms with van der Waals surface area (Å²) in [4.78, 5) is 0. The van der Waals surface area contributed by atoms with Gasteiger partial charge in [0.05, 0.1) is 0 Å². The largest absolute Gasteiger partial charge is 0.317 e. The first-order valence-electron chi connectivity index (χ1n) is 6.44. The summed E-state index contributed by atoms with van der Waals surface area (Å²) in [6.45, 7) is 11.1. The highest BCUT2D eigenvalue weighted by molar-refractivity contribution is 5.30. The van der Waals surface area contributed by atoms with Crippen LogP contribution in [0.1, 0.15) is 37.0 Å². The third kappa shape index (κ3) is 3.97.